The number of nitriles is 1. The summed E-state index contributed by atoms with van der Waals surface area (Å²) in [4.78, 5) is 7.03. The second-order valence-corrected chi connectivity index (χ2v) is 4.09. The van der Waals surface area contributed by atoms with E-state index in [0.29, 0.717) is 22.7 Å². The lowest BCUT2D eigenvalue weighted by atomic mass is 10.2. The molecular formula is C11H7N5OS. The van der Waals surface area contributed by atoms with Crippen LogP contribution in [0.2, 0.25) is 0 Å². The first kappa shape index (κ1) is 10.7. The maximum absolute atomic E-state index is 8.92. The van der Waals surface area contributed by atoms with Crippen molar-refractivity contribution < 1.29 is 4.52 Å². The summed E-state index contributed by atoms with van der Waals surface area (Å²) < 4.78 is 7.08. The van der Waals surface area contributed by atoms with Crippen LogP contribution in [-0.4, -0.2) is 19.7 Å². The van der Waals surface area contributed by atoms with E-state index in [2.05, 4.69) is 25.7 Å². The Morgan fingerprint density at radius 3 is 3.11 bits per heavy atom. The van der Waals surface area contributed by atoms with Crippen LogP contribution in [0, 0.1) is 16.1 Å². The van der Waals surface area contributed by atoms with Gasteiger partial charge in [0.1, 0.15) is 0 Å². The molecule has 3 rings (SSSR count). The van der Waals surface area contributed by atoms with Gasteiger partial charge < -0.3 is 14.1 Å². The van der Waals surface area contributed by atoms with Gasteiger partial charge in [-0.1, -0.05) is 5.16 Å². The summed E-state index contributed by atoms with van der Waals surface area (Å²) in [7, 11) is 0. The number of imidazole rings is 1. The number of fused-ring (bicyclic) bond motifs is 1. The topological polar surface area (TPSA) is 83.4 Å². The lowest BCUT2D eigenvalue weighted by Crippen LogP contribution is -2.01. The predicted molar refractivity (Wildman–Crippen MR) is 65.2 cm³/mol. The van der Waals surface area contributed by atoms with Crippen LogP contribution in [0.25, 0.3) is 11.0 Å². The molecule has 2 aromatic heterocycles. The van der Waals surface area contributed by atoms with Crippen molar-refractivity contribution in [1.82, 2.24) is 19.7 Å². The van der Waals surface area contributed by atoms with Crippen molar-refractivity contribution in [2.75, 3.05) is 0 Å². The third kappa shape index (κ3) is 1.69. The molecule has 18 heavy (non-hydrogen) atoms. The standard InChI is InChI=1S/C11H7N5OS/c12-4-7-1-2-8-9(3-7)16(11(18)14-8)5-10-13-6-17-15-10/h1-3,6H,5H2,(H,14,18). The highest BCUT2D eigenvalue weighted by Gasteiger charge is 2.08. The fourth-order valence-electron chi connectivity index (χ4n) is 1.78. The number of benzene rings is 1. The zero-order valence-electron chi connectivity index (χ0n) is 9.12. The lowest BCUT2D eigenvalue weighted by molar-refractivity contribution is 0.408. The number of nitrogens with zero attached hydrogens (tertiary/aromatic N) is 4. The van der Waals surface area contributed by atoms with Crippen molar-refractivity contribution in [3.8, 4) is 6.07 Å². The molecule has 0 radical (unpaired) electrons. The van der Waals surface area contributed by atoms with Crippen LogP contribution in [0.15, 0.2) is 29.1 Å². The summed E-state index contributed by atoms with van der Waals surface area (Å²) in [6, 6.07) is 7.46. The van der Waals surface area contributed by atoms with E-state index in [-0.39, 0.29) is 0 Å². The summed E-state index contributed by atoms with van der Waals surface area (Å²) in [5, 5.41) is 12.7. The van der Waals surface area contributed by atoms with Crippen LogP contribution < -0.4 is 0 Å². The van der Waals surface area contributed by atoms with Gasteiger partial charge in [0.05, 0.1) is 29.2 Å². The minimum atomic E-state index is 0.407. The Kier molecular flexibility index (Phi) is 2.42. The Balaban J connectivity index is 2.18. The Morgan fingerprint density at radius 1 is 1.50 bits per heavy atom. The summed E-state index contributed by atoms with van der Waals surface area (Å²) in [6.07, 6.45) is 1.27. The van der Waals surface area contributed by atoms with Gasteiger partial charge in [0.2, 0.25) is 6.39 Å². The minimum absolute atomic E-state index is 0.407. The summed E-state index contributed by atoms with van der Waals surface area (Å²) >= 11 is 5.24. The molecule has 1 aromatic carbocycles. The zero-order valence-corrected chi connectivity index (χ0v) is 9.94. The van der Waals surface area contributed by atoms with E-state index < -0.39 is 0 Å². The number of aromatic amines is 1. The monoisotopic (exact) mass is 257 g/mol. The molecule has 0 bridgehead atoms. The van der Waals surface area contributed by atoms with E-state index in [1.807, 2.05) is 10.6 Å². The molecule has 0 spiro atoms. The quantitative estimate of drug-likeness (QED) is 0.710. The maximum atomic E-state index is 8.92. The first-order chi connectivity index (χ1) is 8.78. The van der Waals surface area contributed by atoms with Gasteiger partial charge in [-0.05, 0) is 30.4 Å². The number of H-pyrrole nitrogens is 1. The molecule has 3 aromatic rings. The number of hydrogen-bond acceptors (Lipinski definition) is 5. The molecule has 0 aliphatic carbocycles. The van der Waals surface area contributed by atoms with Crippen LogP contribution in [0.1, 0.15) is 11.4 Å². The molecule has 0 saturated carbocycles. The van der Waals surface area contributed by atoms with E-state index in [0.717, 1.165) is 11.0 Å². The van der Waals surface area contributed by atoms with Crippen LogP contribution in [-0.2, 0) is 6.54 Å². The highest BCUT2D eigenvalue weighted by molar-refractivity contribution is 7.71. The van der Waals surface area contributed by atoms with Gasteiger partial charge in [0, 0.05) is 0 Å². The zero-order chi connectivity index (χ0) is 12.5. The molecule has 88 valence electrons. The smallest absolute Gasteiger partial charge is 0.213 e. The third-order valence-corrected chi connectivity index (χ3v) is 2.93. The molecule has 1 N–H and O–H groups in total. The molecule has 6 nitrogen and oxygen atoms in total. The van der Waals surface area contributed by atoms with Crippen molar-refractivity contribution >= 4 is 23.3 Å². The molecule has 0 saturated heterocycles. The van der Waals surface area contributed by atoms with Crippen LogP contribution in [0.5, 0.6) is 0 Å². The van der Waals surface area contributed by atoms with E-state index >= 15 is 0 Å². The normalized spacial score (nSPS) is 10.6. The Morgan fingerprint density at radius 2 is 2.39 bits per heavy atom. The number of aromatic nitrogens is 4. The van der Waals surface area contributed by atoms with E-state index in [4.69, 9.17) is 17.5 Å². The number of nitrogens with one attached hydrogen (secondary N) is 1. The van der Waals surface area contributed by atoms with Crippen LogP contribution >= 0.6 is 12.2 Å². The first-order valence-corrected chi connectivity index (χ1v) is 5.56. The number of hydrogen-bond donors (Lipinski definition) is 1. The highest BCUT2D eigenvalue weighted by atomic mass is 32.1. The van der Waals surface area contributed by atoms with E-state index in [9.17, 15) is 0 Å². The first-order valence-electron chi connectivity index (χ1n) is 5.16. The largest absolute Gasteiger partial charge is 0.343 e. The molecule has 0 atom stereocenters. The van der Waals surface area contributed by atoms with Crippen molar-refractivity contribution in [1.29, 1.82) is 5.26 Å². The van der Waals surface area contributed by atoms with Crippen molar-refractivity contribution in [3.63, 3.8) is 0 Å². The third-order valence-electron chi connectivity index (χ3n) is 2.61. The molecule has 7 heteroatoms. The second kappa shape index (κ2) is 4.09. The van der Waals surface area contributed by atoms with Crippen LogP contribution in [0.3, 0.4) is 0 Å². The molecule has 0 fully saturated rings. The van der Waals surface area contributed by atoms with Crippen molar-refractivity contribution in [2.24, 2.45) is 0 Å². The molecule has 0 aliphatic heterocycles. The van der Waals surface area contributed by atoms with Gasteiger partial charge >= 0.3 is 0 Å². The SMILES string of the molecule is N#Cc1ccc2[nH]c(=S)n(Cc3ncon3)c2c1. The van der Waals surface area contributed by atoms with E-state index in [1.54, 1.807) is 12.1 Å². The van der Waals surface area contributed by atoms with Crippen molar-refractivity contribution in [3.05, 3.63) is 40.8 Å². The molecule has 0 unspecified atom stereocenters. The van der Waals surface area contributed by atoms with Gasteiger partial charge in [0.25, 0.3) is 0 Å². The Labute approximate surface area is 106 Å². The molecule has 0 amide bonds. The molecular weight excluding hydrogens is 250 g/mol. The van der Waals surface area contributed by atoms with Gasteiger partial charge in [-0.2, -0.15) is 10.2 Å². The van der Waals surface area contributed by atoms with Gasteiger partial charge in [-0.25, -0.2) is 0 Å². The van der Waals surface area contributed by atoms with Gasteiger partial charge in [-0.15, -0.1) is 0 Å². The highest BCUT2D eigenvalue weighted by Crippen LogP contribution is 2.16. The minimum Gasteiger partial charge on any atom is -0.343 e. The predicted octanol–water partition coefficient (Wildman–Crippen LogP) is 2.00. The lowest BCUT2D eigenvalue weighted by Gasteiger charge is -2.00. The van der Waals surface area contributed by atoms with Gasteiger partial charge in [-0.3, -0.25) is 0 Å². The van der Waals surface area contributed by atoms with Crippen LogP contribution in [0.4, 0.5) is 0 Å². The summed E-state index contributed by atoms with van der Waals surface area (Å²) in [5.41, 5.74) is 2.31. The molecule has 2 heterocycles. The average molecular weight is 257 g/mol. The fourth-order valence-corrected chi connectivity index (χ4v) is 2.06. The molecule has 0 aliphatic rings. The van der Waals surface area contributed by atoms with Gasteiger partial charge in [0.15, 0.2) is 10.6 Å². The van der Waals surface area contributed by atoms with E-state index in [1.165, 1.54) is 6.39 Å². The summed E-state index contributed by atoms with van der Waals surface area (Å²) in [5.74, 6) is 0.536. The second-order valence-electron chi connectivity index (χ2n) is 3.71. The average Bonchev–Trinajstić information content (AvgIpc) is 2.99. The Bertz CT molecular complexity index is 793. The fraction of sp³-hybridized carbons (Fsp3) is 0.0909. The number of rotatable bonds is 2. The maximum Gasteiger partial charge on any atom is 0.213 e. The van der Waals surface area contributed by atoms with Crippen molar-refractivity contribution in [2.45, 2.75) is 6.54 Å². The Hall–Kier alpha value is -2.46. The summed E-state index contributed by atoms with van der Waals surface area (Å²) in [6.45, 7) is 0.407.